The lowest BCUT2D eigenvalue weighted by atomic mass is 10.1. The summed E-state index contributed by atoms with van der Waals surface area (Å²) in [7, 11) is 0. The molecule has 0 radical (unpaired) electrons. The van der Waals surface area contributed by atoms with E-state index in [4.69, 9.17) is 0 Å². The minimum Gasteiger partial charge on any atom is -0.290 e. The first-order chi connectivity index (χ1) is 14.6. The molecule has 0 atom stereocenters. The van der Waals surface area contributed by atoms with Crippen LogP contribution in [0.25, 0.3) is 0 Å². The van der Waals surface area contributed by atoms with E-state index in [9.17, 15) is 20.0 Å². The van der Waals surface area contributed by atoms with E-state index in [1.165, 1.54) is 0 Å². The maximum Gasteiger partial charge on any atom is 0.230 e. The number of hydroxylamine groups is 2. The van der Waals surface area contributed by atoms with Crippen molar-refractivity contribution in [2.24, 2.45) is 9.98 Å². The minimum atomic E-state index is -0.472. The number of nitrogens with one attached hydrogen (secondary N) is 2. The van der Waals surface area contributed by atoms with Crippen molar-refractivity contribution in [2.45, 2.75) is 0 Å². The molecule has 4 N–H and O–H groups in total. The molecule has 0 bridgehead atoms. The zero-order valence-electron chi connectivity index (χ0n) is 15.7. The molecule has 3 aromatic carbocycles. The molecule has 8 nitrogen and oxygen atoms in total. The highest BCUT2D eigenvalue weighted by Gasteiger charge is 2.14. The Labute approximate surface area is 172 Å². The zero-order chi connectivity index (χ0) is 21.3. The molecule has 3 rings (SSSR count). The van der Waals surface area contributed by atoms with Crippen molar-refractivity contribution < 1.29 is 20.0 Å². The van der Waals surface area contributed by atoms with Gasteiger partial charge in [-0.05, 0) is 24.3 Å². The van der Waals surface area contributed by atoms with Crippen molar-refractivity contribution in [2.75, 3.05) is 0 Å². The number of hydrogen-bond donors (Lipinski definition) is 4. The monoisotopic (exact) mass is 402 g/mol. The summed E-state index contributed by atoms with van der Waals surface area (Å²) in [4.78, 5) is 33.0. The topological polar surface area (TPSA) is 123 Å². The van der Waals surface area contributed by atoms with Gasteiger partial charge in [-0.1, -0.05) is 60.7 Å². The minimum absolute atomic E-state index is 0.241. The van der Waals surface area contributed by atoms with Gasteiger partial charge >= 0.3 is 0 Å². The van der Waals surface area contributed by atoms with E-state index >= 15 is 0 Å². The summed E-state index contributed by atoms with van der Waals surface area (Å²) in [5.74, 6) is -1.43. The smallest absolute Gasteiger partial charge is 0.230 e. The maximum atomic E-state index is 12.4. The van der Waals surface area contributed by atoms with E-state index in [1.54, 1.807) is 84.9 Å². The van der Waals surface area contributed by atoms with Crippen molar-refractivity contribution in [1.82, 2.24) is 11.0 Å². The van der Waals surface area contributed by atoms with Crippen LogP contribution in [0.5, 0.6) is 0 Å². The van der Waals surface area contributed by atoms with Gasteiger partial charge in [0.15, 0.2) is 11.7 Å². The van der Waals surface area contributed by atoms with Crippen LogP contribution in [0.2, 0.25) is 0 Å². The van der Waals surface area contributed by atoms with Crippen LogP contribution in [0, 0.1) is 0 Å². The second-order valence-corrected chi connectivity index (χ2v) is 6.05. The number of rotatable bonds is 6. The van der Waals surface area contributed by atoms with Crippen molar-refractivity contribution in [3.8, 4) is 0 Å². The number of carbonyl (C=O) groups excluding carboxylic acids is 2. The molecule has 0 heterocycles. The third-order valence-electron chi connectivity index (χ3n) is 4.05. The molecule has 0 aliphatic heterocycles. The molecule has 0 saturated heterocycles. The van der Waals surface area contributed by atoms with Gasteiger partial charge in [-0.15, -0.1) is 0 Å². The first-order valence-corrected chi connectivity index (χ1v) is 8.89. The highest BCUT2D eigenvalue weighted by atomic mass is 16.5. The SMILES string of the molecule is O=C(C(=Nc1ccc(N=C(NO)C(=O)c2ccccc2)cc1)NO)c1ccccc1. The normalized spacial score (nSPS) is 11.7. The van der Waals surface area contributed by atoms with Gasteiger partial charge in [0.1, 0.15) is 0 Å². The van der Waals surface area contributed by atoms with Gasteiger partial charge in [-0.2, -0.15) is 0 Å². The molecule has 30 heavy (non-hydrogen) atoms. The van der Waals surface area contributed by atoms with Crippen molar-refractivity contribution in [3.05, 3.63) is 96.1 Å². The van der Waals surface area contributed by atoms with Gasteiger partial charge in [0.25, 0.3) is 0 Å². The van der Waals surface area contributed by atoms with Crippen LogP contribution in [0.1, 0.15) is 20.7 Å². The molecule has 0 aliphatic rings. The Morgan fingerprint density at radius 3 is 1.20 bits per heavy atom. The molecule has 0 amide bonds. The number of amidine groups is 2. The summed E-state index contributed by atoms with van der Waals surface area (Å²) in [6.45, 7) is 0. The van der Waals surface area contributed by atoms with Crippen LogP contribution in [-0.2, 0) is 0 Å². The third-order valence-corrected chi connectivity index (χ3v) is 4.05. The number of hydrogen-bond acceptors (Lipinski definition) is 6. The lowest BCUT2D eigenvalue weighted by molar-refractivity contribution is 0.103. The van der Waals surface area contributed by atoms with Gasteiger partial charge < -0.3 is 0 Å². The lowest BCUT2D eigenvalue weighted by Crippen LogP contribution is -2.28. The second kappa shape index (κ2) is 9.87. The lowest BCUT2D eigenvalue weighted by Gasteiger charge is -2.05. The van der Waals surface area contributed by atoms with Crippen LogP contribution < -0.4 is 11.0 Å². The Bertz CT molecular complexity index is 991. The molecule has 0 fully saturated rings. The Morgan fingerprint density at radius 1 is 0.567 bits per heavy atom. The van der Waals surface area contributed by atoms with Gasteiger partial charge in [0.05, 0.1) is 11.4 Å². The molecule has 0 aliphatic carbocycles. The van der Waals surface area contributed by atoms with Gasteiger partial charge in [-0.25, -0.2) is 20.9 Å². The van der Waals surface area contributed by atoms with E-state index in [-0.39, 0.29) is 11.7 Å². The van der Waals surface area contributed by atoms with E-state index in [1.807, 2.05) is 11.0 Å². The largest absolute Gasteiger partial charge is 0.290 e. The molecule has 0 saturated carbocycles. The number of benzene rings is 3. The van der Waals surface area contributed by atoms with Crippen molar-refractivity contribution in [3.63, 3.8) is 0 Å². The van der Waals surface area contributed by atoms with Crippen LogP contribution in [0.3, 0.4) is 0 Å². The molecule has 0 aromatic heterocycles. The Hall–Kier alpha value is -4.14. The van der Waals surface area contributed by atoms with E-state index in [0.29, 0.717) is 22.5 Å². The van der Waals surface area contributed by atoms with Gasteiger partial charge in [0, 0.05) is 11.1 Å². The summed E-state index contributed by atoms with van der Waals surface area (Å²) in [5.41, 5.74) is 5.15. The summed E-state index contributed by atoms with van der Waals surface area (Å²) in [6.07, 6.45) is 0. The van der Waals surface area contributed by atoms with Crippen LogP contribution in [-0.4, -0.2) is 33.7 Å². The quantitative estimate of drug-likeness (QED) is 0.217. The average Bonchev–Trinajstić information content (AvgIpc) is 2.82. The molecular weight excluding hydrogens is 384 g/mol. The summed E-state index contributed by atoms with van der Waals surface area (Å²) in [5, 5.41) is 18.6. The summed E-state index contributed by atoms with van der Waals surface area (Å²) < 4.78 is 0. The van der Waals surface area contributed by atoms with E-state index < -0.39 is 11.6 Å². The van der Waals surface area contributed by atoms with Gasteiger partial charge in [0.2, 0.25) is 11.6 Å². The number of ketones is 2. The molecule has 0 spiro atoms. The standard InChI is InChI=1S/C22H18N4O4/c27-19(15-7-3-1-4-8-15)21(25-29)23-17-11-13-18(14-12-17)24-22(26-30)20(28)16-9-5-2-6-10-16/h1-14,29-30H,(H,23,25)(H,24,26). The number of carbonyl (C=O) groups is 2. The Balaban J connectivity index is 1.81. The molecule has 8 heteroatoms. The first-order valence-electron chi connectivity index (χ1n) is 8.89. The summed E-state index contributed by atoms with van der Waals surface area (Å²) in [6, 6.07) is 23.0. The molecular formula is C22H18N4O4. The van der Waals surface area contributed by atoms with Crippen molar-refractivity contribution >= 4 is 34.6 Å². The van der Waals surface area contributed by atoms with Crippen LogP contribution in [0.15, 0.2) is 94.9 Å². The highest BCUT2D eigenvalue weighted by molar-refractivity contribution is 6.45. The summed E-state index contributed by atoms with van der Waals surface area (Å²) >= 11 is 0. The van der Waals surface area contributed by atoms with E-state index in [2.05, 4.69) is 9.98 Å². The van der Waals surface area contributed by atoms with Crippen LogP contribution >= 0.6 is 0 Å². The second-order valence-electron chi connectivity index (χ2n) is 6.05. The fourth-order valence-corrected chi connectivity index (χ4v) is 2.57. The third kappa shape index (κ3) is 5.02. The maximum absolute atomic E-state index is 12.4. The van der Waals surface area contributed by atoms with Crippen molar-refractivity contribution in [1.29, 1.82) is 0 Å². The molecule has 3 aromatic rings. The molecule has 0 unspecified atom stereocenters. The Kier molecular flexibility index (Phi) is 6.78. The zero-order valence-corrected chi connectivity index (χ0v) is 15.7. The predicted octanol–water partition coefficient (Wildman–Crippen LogP) is 3.47. The number of aliphatic imine (C=N–C) groups is 2. The fourth-order valence-electron chi connectivity index (χ4n) is 2.57. The predicted molar refractivity (Wildman–Crippen MR) is 112 cm³/mol. The number of nitrogens with zero attached hydrogens (tertiary/aromatic N) is 2. The highest BCUT2D eigenvalue weighted by Crippen LogP contribution is 2.19. The number of Topliss-reactive ketones (excluding diaryl/α,β-unsaturated/α-hetero) is 2. The van der Waals surface area contributed by atoms with E-state index in [0.717, 1.165) is 0 Å². The van der Waals surface area contributed by atoms with Crippen LogP contribution in [0.4, 0.5) is 11.4 Å². The molecule has 150 valence electrons. The first kappa shape index (κ1) is 20.6. The Morgan fingerprint density at radius 2 is 0.900 bits per heavy atom. The average molecular weight is 402 g/mol. The van der Waals surface area contributed by atoms with Gasteiger partial charge in [-0.3, -0.25) is 20.0 Å². The fraction of sp³-hybridized carbons (Fsp3) is 0.